The first-order valence-corrected chi connectivity index (χ1v) is 6.12. The molecule has 0 aliphatic carbocycles. The third kappa shape index (κ3) is 4.33. The van der Waals surface area contributed by atoms with Crippen molar-refractivity contribution in [1.29, 1.82) is 0 Å². The lowest BCUT2D eigenvalue weighted by Gasteiger charge is -2.33. The molecule has 3 nitrogen and oxygen atoms in total. The van der Waals surface area contributed by atoms with Crippen LogP contribution in [0.4, 0.5) is 4.39 Å². The van der Waals surface area contributed by atoms with Gasteiger partial charge >= 0.3 is 0 Å². The number of nitrogens with one attached hydrogen (secondary N) is 1. The average molecular weight is 285 g/mol. The number of halogens is 2. The van der Waals surface area contributed by atoms with Crippen LogP contribution < -0.4 is 5.32 Å². The van der Waals surface area contributed by atoms with E-state index in [0.717, 1.165) is 13.1 Å². The summed E-state index contributed by atoms with van der Waals surface area (Å²) in [7, 11) is 0. The summed E-state index contributed by atoms with van der Waals surface area (Å²) in [4.78, 5) is 13.8. The van der Waals surface area contributed by atoms with E-state index in [1.807, 2.05) is 11.8 Å². The van der Waals surface area contributed by atoms with Gasteiger partial charge in [0.25, 0.3) is 0 Å². The van der Waals surface area contributed by atoms with Crippen molar-refractivity contribution < 1.29 is 9.18 Å². The summed E-state index contributed by atoms with van der Waals surface area (Å²) in [6.45, 7) is 4.37. The lowest BCUT2D eigenvalue weighted by atomic mass is 10.2. The van der Waals surface area contributed by atoms with Crippen molar-refractivity contribution in [2.75, 3.05) is 19.6 Å². The van der Waals surface area contributed by atoms with Gasteiger partial charge in [0, 0.05) is 31.8 Å². The molecule has 1 N–H and O–H groups in total. The van der Waals surface area contributed by atoms with Crippen LogP contribution >= 0.6 is 12.4 Å². The molecule has 1 aliphatic rings. The fraction of sp³-hybridized carbons (Fsp3) is 0.357. The monoisotopic (exact) mass is 284 g/mol. The molecule has 1 aliphatic heterocycles. The second kappa shape index (κ2) is 7.26. The summed E-state index contributed by atoms with van der Waals surface area (Å²) in [5.41, 5.74) is 0.700. The van der Waals surface area contributed by atoms with Gasteiger partial charge in [-0.15, -0.1) is 12.4 Å². The Balaban J connectivity index is 0.00000180. The second-order valence-corrected chi connectivity index (χ2v) is 4.47. The van der Waals surface area contributed by atoms with Crippen molar-refractivity contribution in [2.24, 2.45) is 0 Å². The molecule has 1 amide bonds. The SMILES string of the molecule is CC1CNCCN1C(=O)C=Cc1cccc(F)c1.Cl. The first kappa shape index (κ1) is 15.7. The van der Waals surface area contributed by atoms with Crippen molar-refractivity contribution in [3.05, 3.63) is 41.7 Å². The molecule has 0 radical (unpaired) electrons. The van der Waals surface area contributed by atoms with Gasteiger partial charge in [-0.05, 0) is 30.7 Å². The number of amides is 1. The van der Waals surface area contributed by atoms with Crippen LogP contribution in [0, 0.1) is 5.82 Å². The van der Waals surface area contributed by atoms with Gasteiger partial charge in [0.05, 0.1) is 0 Å². The number of hydrogen-bond acceptors (Lipinski definition) is 2. The van der Waals surface area contributed by atoms with Gasteiger partial charge in [0.15, 0.2) is 0 Å². The third-order valence-electron chi connectivity index (χ3n) is 3.05. The standard InChI is InChI=1S/C14H17FN2O.ClH/c1-11-10-16-7-8-17(11)14(18)6-5-12-3-2-4-13(15)9-12;/h2-6,9,11,16H,7-8,10H2,1H3;1H. The molecule has 0 bridgehead atoms. The van der Waals surface area contributed by atoms with Crippen LogP contribution in [0.2, 0.25) is 0 Å². The molecule has 1 aromatic rings. The summed E-state index contributed by atoms with van der Waals surface area (Å²) in [5, 5.41) is 3.23. The minimum absolute atomic E-state index is 0. The zero-order valence-electron chi connectivity index (χ0n) is 10.8. The Morgan fingerprint density at radius 1 is 1.53 bits per heavy atom. The highest BCUT2D eigenvalue weighted by Crippen LogP contribution is 2.08. The summed E-state index contributed by atoms with van der Waals surface area (Å²) in [6, 6.07) is 6.40. The molecule has 19 heavy (non-hydrogen) atoms. The Morgan fingerprint density at radius 2 is 2.32 bits per heavy atom. The highest BCUT2D eigenvalue weighted by Gasteiger charge is 2.20. The Labute approximate surface area is 118 Å². The van der Waals surface area contributed by atoms with Crippen LogP contribution in [0.1, 0.15) is 12.5 Å². The van der Waals surface area contributed by atoms with E-state index in [-0.39, 0.29) is 30.2 Å². The second-order valence-electron chi connectivity index (χ2n) is 4.47. The molecule has 1 aromatic carbocycles. The van der Waals surface area contributed by atoms with E-state index in [1.54, 1.807) is 18.2 Å². The van der Waals surface area contributed by atoms with Gasteiger partial charge in [0.2, 0.25) is 5.91 Å². The molecule has 2 rings (SSSR count). The predicted molar refractivity (Wildman–Crippen MR) is 76.7 cm³/mol. The van der Waals surface area contributed by atoms with Crippen molar-refractivity contribution in [1.82, 2.24) is 10.2 Å². The molecule has 1 unspecified atom stereocenters. The number of piperazine rings is 1. The largest absolute Gasteiger partial charge is 0.334 e. The van der Waals surface area contributed by atoms with Crippen molar-refractivity contribution >= 4 is 24.4 Å². The van der Waals surface area contributed by atoms with E-state index >= 15 is 0 Å². The van der Waals surface area contributed by atoms with E-state index in [9.17, 15) is 9.18 Å². The normalized spacial score (nSPS) is 19.3. The van der Waals surface area contributed by atoms with Crippen LogP contribution in [0.5, 0.6) is 0 Å². The summed E-state index contributed by atoms with van der Waals surface area (Å²) >= 11 is 0. The molecule has 0 saturated carbocycles. The summed E-state index contributed by atoms with van der Waals surface area (Å²) in [5.74, 6) is -0.312. The van der Waals surface area contributed by atoms with E-state index in [2.05, 4.69) is 5.32 Å². The quantitative estimate of drug-likeness (QED) is 0.844. The highest BCUT2D eigenvalue weighted by molar-refractivity contribution is 5.92. The first-order chi connectivity index (χ1) is 8.66. The zero-order chi connectivity index (χ0) is 13.0. The van der Waals surface area contributed by atoms with Gasteiger partial charge in [-0.1, -0.05) is 12.1 Å². The molecule has 104 valence electrons. The number of nitrogens with zero attached hydrogens (tertiary/aromatic N) is 1. The maximum atomic E-state index is 13.0. The van der Waals surface area contributed by atoms with Crippen LogP contribution in [-0.4, -0.2) is 36.5 Å². The maximum Gasteiger partial charge on any atom is 0.246 e. The smallest absolute Gasteiger partial charge is 0.246 e. The average Bonchev–Trinajstić information content (AvgIpc) is 2.37. The Kier molecular flexibility index (Phi) is 5.99. The molecule has 0 spiro atoms. The third-order valence-corrected chi connectivity index (χ3v) is 3.05. The lowest BCUT2D eigenvalue weighted by molar-refractivity contribution is -0.128. The molecule has 1 heterocycles. The molecular formula is C14H18ClFN2O. The van der Waals surface area contributed by atoms with E-state index in [4.69, 9.17) is 0 Å². The minimum Gasteiger partial charge on any atom is -0.334 e. The number of benzene rings is 1. The zero-order valence-corrected chi connectivity index (χ0v) is 11.6. The molecule has 1 atom stereocenters. The Hall–Kier alpha value is -1.39. The Bertz CT molecular complexity index is 465. The summed E-state index contributed by atoms with van der Waals surface area (Å²) in [6.07, 6.45) is 3.16. The maximum absolute atomic E-state index is 13.0. The van der Waals surface area contributed by atoms with E-state index in [0.29, 0.717) is 12.1 Å². The van der Waals surface area contributed by atoms with E-state index < -0.39 is 0 Å². The van der Waals surface area contributed by atoms with Crippen LogP contribution in [0.3, 0.4) is 0 Å². The lowest BCUT2D eigenvalue weighted by Crippen LogP contribution is -2.51. The minimum atomic E-state index is -0.292. The van der Waals surface area contributed by atoms with Gasteiger partial charge in [0.1, 0.15) is 5.82 Å². The molecule has 1 saturated heterocycles. The molecular weight excluding hydrogens is 267 g/mol. The van der Waals surface area contributed by atoms with Crippen molar-refractivity contribution in [3.8, 4) is 0 Å². The van der Waals surface area contributed by atoms with Crippen molar-refractivity contribution in [3.63, 3.8) is 0 Å². The fourth-order valence-electron chi connectivity index (χ4n) is 2.04. The molecule has 1 fully saturated rings. The van der Waals surface area contributed by atoms with Gasteiger partial charge in [-0.3, -0.25) is 4.79 Å². The van der Waals surface area contributed by atoms with Crippen LogP contribution in [0.25, 0.3) is 6.08 Å². The van der Waals surface area contributed by atoms with Crippen LogP contribution in [0.15, 0.2) is 30.3 Å². The predicted octanol–water partition coefficient (Wildman–Crippen LogP) is 2.08. The van der Waals surface area contributed by atoms with Gasteiger partial charge in [-0.2, -0.15) is 0 Å². The van der Waals surface area contributed by atoms with E-state index in [1.165, 1.54) is 18.2 Å². The van der Waals surface area contributed by atoms with Gasteiger partial charge in [-0.25, -0.2) is 4.39 Å². The van der Waals surface area contributed by atoms with Crippen molar-refractivity contribution in [2.45, 2.75) is 13.0 Å². The van der Waals surface area contributed by atoms with Crippen LogP contribution in [-0.2, 0) is 4.79 Å². The number of carbonyl (C=O) groups excluding carboxylic acids is 1. The number of rotatable bonds is 2. The molecule has 0 aromatic heterocycles. The Morgan fingerprint density at radius 3 is 3.00 bits per heavy atom. The van der Waals surface area contributed by atoms with Gasteiger partial charge < -0.3 is 10.2 Å². The number of hydrogen-bond donors (Lipinski definition) is 1. The highest BCUT2D eigenvalue weighted by atomic mass is 35.5. The first-order valence-electron chi connectivity index (χ1n) is 6.12. The molecule has 5 heteroatoms. The fourth-order valence-corrected chi connectivity index (χ4v) is 2.04. The summed E-state index contributed by atoms with van der Waals surface area (Å²) < 4.78 is 13.0. The number of carbonyl (C=O) groups is 1. The topological polar surface area (TPSA) is 32.3 Å².